The Labute approximate surface area is 160 Å². The van der Waals surface area contributed by atoms with Gasteiger partial charge in [0.05, 0.1) is 23.3 Å². The average molecular weight is 381 g/mol. The molecule has 138 valence electrons. The molecule has 0 amide bonds. The van der Waals surface area contributed by atoms with Gasteiger partial charge in [-0.15, -0.1) is 0 Å². The molecule has 0 saturated heterocycles. The highest BCUT2D eigenvalue weighted by Gasteiger charge is 2.18. The number of thioether (sulfide) groups is 1. The zero-order chi connectivity index (χ0) is 18.8. The predicted molar refractivity (Wildman–Crippen MR) is 103 cm³/mol. The number of benzene rings is 1. The lowest BCUT2D eigenvalue weighted by Crippen LogP contribution is -2.06. The molecular weight excluding hydrogens is 362 g/mol. The second-order valence-corrected chi connectivity index (χ2v) is 6.87. The Bertz CT molecular complexity index is 1090. The van der Waals surface area contributed by atoms with E-state index in [9.17, 15) is 0 Å². The largest absolute Gasteiger partial charge is 0.493 e. The molecule has 0 atom stereocenters. The van der Waals surface area contributed by atoms with E-state index in [0.29, 0.717) is 18.3 Å². The van der Waals surface area contributed by atoms with Gasteiger partial charge in [0.25, 0.3) is 5.95 Å². The maximum absolute atomic E-state index is 5.68. The summed E-state index contributed by atoms with van der Waals surface area (Å²) in [7, 11) is 1.82. The number of hydrogen-bond acceptors (Lipinski definition) is 7. The van der Waals surface area contributed by atoms with Crippen molar-refractivity contribution in [3.8, 4) is 11.7 Å². The minimum atomic E-state index is 0.624. The van der Waals surface area contributed by atoms with E-state index in [4.69, 9.17) is 9.72 Å². The molecular formula is C18H19N7OS. The van der Waals surface area contributed by atoms with Crippen molar-refractivity contribution in [3.63, 3.8) is 0 Å². The van der Waals surface area contributed by atoms with Gasteiger partial charge in [-0.05, 0) is 42.5 Å². The second kappa shape index (κ2) is 7.36. The quantitative estimate of drug-likeness (QED) is 0.475. The number of aryl methyl sites for hydroxylation is 1. The van der Waals surface area contributed by atoms with Gasteiger partial charge in [-0.25, -0.2) is 9.67 Å². The second-order valence-electron chi connectivity index (χ2n) is 5.92. The highest BCUT2D eigenvalue weighted by atomic mass is 32.2. The predicted octanol–water partition coefficient (Wildman–Crippen LogP) is 2.94. The van der Waals surface area contributed by atoms with Crippen molar-refractivity contribution in [1.82, 2.24) is 34.7 Å². The maximum Gasteiger partial charge on any atom is 0.256 e. The molecule has 0 aliphatic carbocycles. The van der Waals surface area contributed by atoms with Crippen LogP contribution in [0.4, 0.5) is 0 Å². The summed E-state index contributed by atoms with van der Waals surface area (Å²) in [6.45, 7) is 4.64. The van der Waals surface area contributed by atoms with Crippen LogP contribution >= 0.6 is 11.8 Å². The van der Waals surface area contributed by atoms with Crippen LogP contribution in [0.15, 0.2) is 41.7 Å². The van der Waals surface area contributed by atoms with Crippen LogP contribution in [0.2, 0.25) is 0 Å². The van der Waals surface area contributed by atoms with Crippen LogP contribution in [0.5, 0.6) is 5.75 Å². The molecule has 4 aromatic rings. The molecule has 0 saturated carbocycles. The first-order chi connectivity index (χ1) is 13.2. The van der Waals surface area contributed by atoms with Crippen molar-refractivity contribution in [3.05, 3.63) is 47.8 Å². The fraction of sp³-hybridized carbons (Fsp3) is 0.278. The molecule has 0 unspecified atom stereocenters. The van der Waals surface area contributed by atoms with Gasteiger partial charge < -0.3 is 4.74 Å². The molecule has 0 aliphatic heterocycles. The first-order valence-corrected chi connectivity index (χ1v) is 9.58. The molecule has 1 aromatic carbocycles. The third-order valence-corrected chi connectivity index (χ3v) is 5.17. The minimum Gasteiger partial charge on any atom is -0.493 e. The number of rotatable bonds is 6. The highest BCUT2D eigenvalue weighted by molar-refractivity contribution is 7.98. The summed E-state index contributed by atoms with van der Waals surface area (Å²) >= 11 is 1.60. The molecule has 0 radical (unpaired) electrons. The van der Waals surface area contributed by atoms with Gasteiger partial charge in [0.15, 0.2) is 5.16 Å². The Balaban J connectivity index is 1.71. The Hall–Kier alpha value is -2.94. The average Bonchev–Trinajstić information content (AvgIpc) is 3.25. The van der Waals surface area contributed by atoms with E-state index in [1.807, 2.05) is 55.8 Å². The molecule has 27 heavy (non-hydrogen) atoms. The van der Waals surface area contributed by atoms with Crippen LogP contribution in [0.1, 0.15) is 18.2 Å². The fourth-order valence-corrected chi connectivity index (χ4v) is 3.89. The summed E-state index contributed by atoms with van der Waals surface area (Å²) in [6.07, 6.45) is 1.78. The van der Waals surface area contributed by atoms with Crippen molar-refractivity contribution in [2.45, 2.75) is 24.8 Å². The lowest BCUT2D eigenvalue weighted by Gasteiger charge is -2.11. The van der Waals surface area contributed by atoms with Gasteiger partial charge in [-0.3, -0.25) is 9.55 Å². The molecule has 3 heterocycles. The van der Waals surface area contributed by atoms with Gasteiger partial charge in [-0.1, -0.05) is 29.0 Å². The van der Waals surface area contributed by atoms with Crippen molar-refractivity contribution in [1.29, 1.82) is 0 Å². The Morgan fingerprint density at radius 3 is 2.81 bits per heavy atom. The van der Waals surface area contributed by atoms with Gasteiger partial charge in [0.2, 0.25) is 0 Å². The summed E-state index contributed by atoms with van der Waals surface area (Å²) < 4.78 is 9.29. The van der Waals surface area contributed by atoms with E-state index in [-0.39, 0.29) is 0 Å². The van der Waals surface area contributed by atoms with Gasteiger partial charge >= 0.3 is 0 Å². The zero-order valence-electron chi connectivity index (χ0n) is 15.3. The number of aromatic nitrogens is 7. The molecule has 4 rings (SSSR count). The van der Waals surface area contributed by atoms with Crippen LogP contribution in [0.3, 0.4) is 0 Å². The summed E-state index contributed by atoms with van der Waals surface area (Å²) in [6, 6.07) is 9.85. The van der Waals surface area contributed by atoms with E-state index in [2.05, 4.69) is 20.5 Å². The molecule has 0 fully saturated rings. The van der Waals surface area contributed by atoms with Gasteiger partial charge in [-0.2, -0.15) is 0 Å². The Kier molecular flexibility index (Phi) is 4.76. The zero-order valence-corrected chi connectivity index (χ0v) is 16.1. The number of fused-ring (bicyclic) bond motifs is 1. The van der Waals surface area contributed by atoms with Crippen LogP contribution in [0.25, 0.3) is 17.0 Å². The van der Waals surface area contributed by atoms with E-state index in [1.165, 1.54) is 0 Å². The SMILES string of the molecule is CCOc1ccnc(CSc2nc3ccccc3n2-c2nnnn2C)c1C. The number of hydrogen-bond donors (Lipinski definition) is 0. The fourth-order valence-electron chi connectivity index (χ4n) is 2.86. The number of pyridine rings is 1. The smallest absolute Gasteiger partial charge is 0.256 e. The molecule has 8 nitrogen and oxygen atoms in total. The third kappa shape index (κ3) is 3.25. The number of nitrogens with zero attached hydrogens (tertiary/aromatic N) is 7. The number of ether oxygens (including phenoxy) is 1. The molecule has 0 N–H and O–H groups in total. The molecule has 0 spiro atoms. The van der Waals surface area contributed by atoms with E-state index < -0.39 is 0 Å². The van der Waals surface area contributed by atoms with Crippen molar-refractivity contribution >= 4 is 22.8 Å². The maximum atomic E-state index is 5.68. The van der Waals surface area contributed by atoms with Crippen LogP contribution < -0.4 is 4.74 Å². The lowest BCUT2D eigenvalue weighted by molar-refractivity contribution is 0.337. The van der Waals surface area contributed by atoms with Crippen LogP contribution in [-0.4, -0.2) is 41.3 Å². The summed E-state index contributed by atoms with van der Waals surface area (Å²) in [5.74, 6) is 2.16. The van der Waals surface area contributed by atoms with Crippen molar-refractivity contribution in [2.75, 3.05) is 6.61 Å². The topological polar surface area (TPSA) is 83.5 Å². The normalized spacial score (nSPS) is 11.2. The Morgan fingerprint density at radius 2 is 2.04 bits per heavy atom. The van der Waals surface area contributed by atoms with Crippen LogP contribution in [0, 0.1) is 6.92 Å². The molecule has 0 aliphatic rings. The molecule has 9 heteroatoms. The molecule has 0 bridgehead atoms. The Morgan fingerprint density at radius 1 is 1.19 bits per heavy atom. The third-order valence-electron chi connectivity index (χ3n) is 4.22. The summed E-state index contributed by atoms with van der Waals surface area (Å²) in [5.41, 5.74) is 3.89. The first kappa shape index (κ1) is 17.5. The highest BCUT2D eigenvalue weighted by Crippen LogP contribution is 2.30. The first-order valence-electron chi connectivity index (χ1n) is 8.59. The number of imidazole rings is 1. The summed E-state index contributed by atoms with van der Waals surface area (Å²) in [5, 5.41) is 12.7. The lowest BCUT2D eigenvalue weighted by atomic mass is 10.2. The van der Waals surface area contributed by atoms with Gasteiger partial charge in [0.1, 0.15) is 5.75 Å². The monoisotopic (exact) mass is 381 g/mol. The number of para-hydroxylation sites is 2. The van der Waals surface area contributed by atoms with E-state index >= 15 is 0 Å². The van der Waals surface area contributed by atoms with Crippen molar-refractivity contribution < 1.29 is 4.74 Å². The van der Waals surface area contributed by atoms with E-state index in [1.54, 1.807) is 22.6 Å². The van der Waals surface area contributed by atoms with E-state index in [0.717, 1.165) is 33.2 Å². The molecule has 3 aromatic heterocycles. The standard InChI is InChI=1S/C18H19N7OS/c1-4-26-16-9-10-19-14(12(16)2)11-27-18-20-13-7-5-6-8-15(13)25(18)17-21-22-23-24(17)3/h5-10H,4,11H2,1-3H3. The minimum absolute atomic E-state index is 0.624. The van der Waals surface area contributed by atoms with Gasteiger partial charge in [0, 0.05) is 24.6 Å². The number of tetrazole rings is 1. The van der Waals surface area contributed by atoms with Crippen LogP contribution in [-0.2, 0) is 12.8 Å². The summed E-state index contributed by atoms with van der Waals surface area (Å²) in [4.78, 5) is 9.29. The van der Waals surface area contributed by atoms with Crippen molar-refractivity contribution in [2.24, 2.45) is 7.05 Å².